The normalized spacial score (nSPS) is 10.2. The first-order chi connectivity index (χ1) is 10.7. The van der Waals surface area contributed by atoms with Crippen molar-refractivity contribution >= 4 is 11.7 Å². The molecule has 116 valence electrons. The highest BCUT2D eigenvalue weighted by atomic mass is 16.5. The zero-order chi connectivity index (χ0) is 15.8. The molecule has 22 heavy (non-hydrogen) atoms. The first-order valence-electron chi connectivity index (χ1n) is 7.15. The van der Waals surface area contributed by atoms with Crippen molar-refractivity contribution in [2.24, 2.45) is 0 Å². The lowest BCUT2D eigenvalue weighted by Crippen LogP contribution is -2.26. The summed E-state index contributed by atoms with van der Waals surface area (Å²) in [6.07, 6.45) is 2.48. The molecule has 0 atom stereocenters. The van der Waals surface area contributed by atoms with E-state index in [0.717, 1.165) is 17.7 Å². The smallest absolute Gasteiger partial charge is 0.220 e. The first kappa shape index (κ1) is 15.8. The molecule has 0 fully saturated rings. The van der Waals surface area contributed by atoms with E-state index in [-0.39, 0.29) is 24.5 Å². The molecular formula is C17H19NO4. The molecule has 1 heterocycles. The highest BCUT2D eigenvalue weighted by Crippen LogP contribution is 2.12. The number of ketones is 1. The van der Waals surface area contributed by atoms with Crippen LogP contribution < -0.4 is 10.1 Å². The second-order valence-corrected chi connectivity index (χ2v) is 4.85. The van der Waals surface area contributed by atoms with Crippen molar-refractivity contribution in [3.8, 4) is 5.75 Å². The molecule has 0 aliphatic carbocycles. The third-order valence-corrected chi connectivity index (χ3v) is 3.25. The summed E-state index contributed by atoms with van der Waals surface area (Å²) < 4.78 is 10.1. The molecule has 1 aromatic heterocycles. The zero-order valence-corrected chi connectivity index (χ0v) is 12.5. The van der Waals surface area contributed by atoms with Gasteiger partial charge in [-0.1, -0.05) is 12.1 Å². The minimum Gasteiger partial charge on any atom is -0.497 e. The molecule has 2 aromatic rings. The van der Waals surface area contributed by atoms with Crippen LogP contribution in [-0.4, -0.2) is 25.3 Å². The van der Waals surface area contributed by atoms with Crippen LogP contribution in [0.25, 0.3) is 0 Å². The summed E-state index contributed by atoms with van der Waals surface area (Å²) in [7, 11) is 1.62. The number of carbonyl (C=O) groups excluding carboxylic acids is 2. The maximum Gasteiger partial charge on any atom is 0.220 e. The molecule has 0 saturated heterocycles. The van der Waals surface area contributed by atoms with Crippen molar-refractivity contribution in [1.82, 2.24) is 5.32 Å². The van der Waals surface area contributed by atoms with Gasteiger partial charge in [0.25, 0.3) is 0 Å². The molecule has 0 unspecified atom stereocenters. The predicted octanol–water partition coefficient (Wildman–Crippen LogP) is 2.61. The lowest BCUT2D eigenvalue weighted by Gasteiger charge is -2.06. The zero-order valence-electron chi connectivity index (χ0n) is 12.5. The van der Waals surface area contributed by atoms with Crippen molar-refractivity contribution in [3.05, 3.63) is 54.0 Å². The molecule has 2 rings (SSSR count). The Morgan fingerprint density at radius 2 is 2.05 bits per heavy atom. The second kappa shape index (κ2) is 8.02. The number of hydrogen-bond donors (Lipinski definition) is 1. The summed E-state index contributed by atoms with van der Waals surface area (Å²) in [6, 6.07) is 11.0. The van der Waals surface area contributed by atoms with Crippen LogP contribution in [0.4, 0.5) is 0 Å². The van der Waals surface area contributed by atoms with Gasteiger partial charge in [-0.3, -0.25) is 9.59 Å². The van der Waals surface area contributed by atoms with Gasteiger partial charge in [-0.15, -0.1) is 0 Å². The Balaban J connectivity index is 1.68. The fourth-order valence-electron chi connectivity index (χ4n) is 2.05. The molecule has 5 heteroatoms. The Bertz CT molecular complexity index is 619. The van der Waals surface area contributed by atoms with E-state index in [9.17, 15) is 9.59 Å². The highest BCUT2D eigenvalue weighted by molar-refractivity contribution is 5.95. The van der Waals surface area contributed by atoms with Gasteiger partial charge in [0.15, 0.2) is 11.5 Å². The average Bonchev–Trinajstić information content (AvgIpc) is 3.07. The molecule has 0 radical (unpaired) electrons. The second-order valence-electron chi connectivity index (χ2n) is 4.85. The molecule has 0 aliphatic heterocycles. The Labute approximate surface area is 129 Å². The summed E-state index contributed by atoms with van der Waals surface area (Å²) in [6.45, 7) is 0.529. The third kappa shape index (κ3) is 4.77. The lowest BCUT2D eigenvalue weighted by molar-refractivity contribution is -0.121. The standard InChI is InChI=1S/C17H19NO4/c1-21-14-5-2-4-13(12-14)9-10-18-17(20)8-7-15(19)16-6-3-11-22-16/h2-6,11-12H,7-10H2,1H3,(H,18,20). The van der Waals surface area contributed by atoms with Gasteiger partial charge in [-0.2, -0.15) is 0 Å². The van der Waals surface area contributed by atoms with Crippen LogP contribution >= 0.6 is 0 Å². The monoisotopic (exact) mass is 301 g/mol. The Kier molecular flexibility index (Phi) is 5.77. The molecule has 5 nitrogen and oxygen atoms in total. The fourth-order valence-corrected chi connectivity index (χ4v) is 2.05. The fraction of sp³-hybridized carbons (Fsp3) is 0.294. The van der Waals surface area contributed by atoms with Crippen molar-refractivity contribution < 1.29 is 18.7 Å². The topological polar surface area (TPSA) is 68.5 Å². The van der Waals surface area contributed by atoms with Crippen LogP contribution in [0, 0.1) is 0 Å². The number of methoxy groups -OCH3 is 1. The van der Waals surface area contributed by atoms with Gasteiger partial charge in [0.1, 0.15) is 5.75 Å². The van der Waals surface area contributed by atoms with Crippen molar-refractivity contribution in [3.63, 3.8) is 0 Å². The van der Waals surface area contributed by atoms with Gasteiger partial charge >= 0.3 is 0 Å². The maximum atomic E-state index is 11.7. The molecule has 0 aliphatic rings. The molecule has 0 bridgehead atoms. The summed E-state index contributed by atoms with van der Waals surface area (Å²) in [4.78, 5) is 23.4. The van der Waals surface area contributed by atoms with E-state index in [4.69, 9.17) is 9.15 Å². The van der Waals surface area contributed by atoms with E-state index in [1.54, 1.807) is 19.2 Å². The number of furan rings is 1. The predicted molar refractivity (Wildman–Crippen MR) is 82.0 cm³/mol. The van der Waals surface area contributed by atoms with Crippen LogP contribution in [0.1, 0.15) is 29.0 Å². The molecule has 0 spiro atoms. The highest BCUT2D eigenvalue weighted by Gasteiger charge is 2.11. The van der Waals surface area contributed by atoms with Crippen molar-refractivity contribution in [2.45, 2.75) is 19.3 Å². The number of Topliss-reactive ketones (excluding diaryl/α,β-unsaturated/α-hetero) is 1. The SMILES string of the molecule is COc1cccc(CCNC(=O)CCC(=O)c2ccco2)c1. The minimum atomic E-state index is -0.159. The summed E-state index contributed by atoms with van der Waals surface area (Å²) in [5, 5.41) is 2.81. The van der Waals surface area contributed by atoms with E-state index in [2.05, 4.69) is 5.32 Å². The largest absolute Gasteiger partial charge is 0.497 e. The number of nitrogens with one attached hydrogen (secondary N) is 1. The maximum absolute atomic E-state index is 11.7. The first-order valence-corrected chi connectivity index (χ1v) is 7.15. The van der Waals surface area contributed by atoms with Gasteiger partial charge in [0.2, 0.25) is 5.91 Å². The van der Waals surface area contributed by atoms with E-state index in [1.807, 2.05) is 24.3 Å². The van der Waals surface area contributed by atoms with Crippen molar-refractivity contribution in [2.75, 3.05) is 13.7 Å². The minimum absolute atomic E-state index is 0.136. The van der Waals surface area contributed by atoms with Crippen LogP contribution in [0.15, 0.2) is 47.1 Å². The van der Waals surface area contributed by atoms with Gasteiger partial charge in [0.05, 0.1) is 13.4 Å². The number of carbonyl (C=O) groups is 2. The molecule has 1 aromatic carbocycles. The summed E-state index contributed by atoms with van der Waals surface area (Å²) in [5.41, 5.74) is 1.09. The van der Waals surface area contributed by atoms with Gasteiger partial charge in [-0.25, -0.2) is 0 Å². The summed E-state index contributed by atoms with van der Waals surface area (Å²) >= 11 is 0. The van der Waals surface area contributed by atoms with Crippen LogP contribution in [0.5, 0.6) is 5.75 Å². The lowest BCUT2D eigenvalue weighted by atomic mass is 10.1. The van der Waals surface area contributed by atoms with E-state index in [1.165, 1.54) is 6.26 Å². The number of rotatable bonds is 8. The number of ether oxygens (including phenoxy) is 1. The Morgan fingerprint density at radius 1 is 1.18 bits per heavy atom. The molecule has 1 N–H and O–H groups in total. The molecule has 0 saturated carbocycles. The molecular weight excluding hydrogens is 282 g/mol. The van der Waals surface area contributed by atoms with Gasteiger partial charge < -0.3 is 14.5 Å². The van der Waals surface area contributed by atoms with Gasteiger partial charge in [-0.05, 0) is 36.2 Å². The summed E-state index contributed by atoms with van der Waals surface area (Å²) in [5.74, 6) is 0.799. The van der Waals surface area contributed by atoms with Crippen molar-refractivity contribution in [1.29, 1.82) is 0 Å². The quantitative estimate of drug-likeness (QED) is 0.761. The van der Waals surface area contributed by atoms with E-state index < -0.39 is 0 Å². The van der Waals surface area contributed by atoms with Gasteiger partial charge in [0, 0.05) is 19.4 Å². The average molecular weight is 301 g/mol. The van der Waals surface area contributed by atoms with Crippen LogP contribution in [-0.2, 0) is 11.2 Å². The Hall–Kier alpha value is -2.56. The third-order valence-electron chi connectivity index (χ3n) is 3.25. The number of benzene rings is 1. The Morgan fingerprint density at radius 3 is 2.77 bits per heavy atom. The number of hydrogen-bond acceptors (Lipinski definition) is 4. The molecule has 1 amide bonds. The van der Waals surface area contributed by atoms with E-state index in [0.29, 0.717) is 12.3 Å². The number of amides is 1. The van der Waals surface area contributed by atoms with Crippen LogP contribution in [0.3, 0.4) is 0 Å². The van der Waals surface area contributed by atoms with E-state index >= 15 is 0 Å². The van der Waals surface area contributed by atoms with Crippen LogP contribution in [0.2, 0.25) is 0 Å².